The zero-order valence-corrected chi connectivity index (χ0v) is 4.20. The molecule has 6 heavy (non-hydrogen) atoms. The van der Waals surface area contributed by atoms with Crippen molar-refractivity contribution in [1.82, 2.24) is 0 Å². The van der Waals surface area contributed by atoms with Crippen LogP contribution in [0.15, 0.2) is 0 Å². The molecule has 1 N–H and O–H groups in total. The monoisotopic (exact) mass is 110 g/mol. The van der Waals surface area contributed by atoms with Gasteiger partial charge in [0.05, 0.1) is 7.11 Å². The Bertz CT molecular complexity index is 46.8. The van der Waals surface area contributed by atoms with Gasteiger partial charge < -0.3 is 5.11 Å². The standard InChI is InChI=1S/C2H6O3S/c1-5-6(4)2-3/h3H,2H2,1H3. The molecule has 3 nitrogen and oxygen atoms in total. The van der Waals surface area contributed by atoms with Crippen molar-refractivity contribution in [2.24, 2.45) is 0 Å². The van der Waals surface area contributed by atoms with E-state index < -0.39 is 17.0 Å². The average Bonchev–Trinajstić information content (AvgIpc) is 1.65. The fourth-order valence-electron chi connectivity index (χ4n) is 0.0527. The summed E-state index contributed by atoms with van der Waals surface area (Å²) < 4.78 is 13.9. The highest BCUT2D eigenvalue weighted by Crippen LogP contribution is 1.73. The van der Waals surface area contributed by atoms with Gasteiger partial charge in [-0.3, -0.25) is 4.18 Å². The molecule has 0 heterocycles. The van der Waals surface area contributed by atoms with Gasteiger partial charge in [0, 0.05) is 0 Å². The van der Waals surface area contributed by atoms with Crippen molar-refractivity contribution in [2.45, 2.75) is 0 Å². The molecular weight excluding hydrogens is 104 g/mol. The van der Waals surface area contributed by atoms with Crippen molar-refractivity contribution in [3.8, 4) is 0 Å². The summed E-state index contributed by atoms with van der Waals surface area (Å²) in [5, 5.41) is 7.91. The molecule has 0 aromatic rings. The van der Waals surface area contributed by atoms with E-state index in [0.29, 0.717) is 0 Å². The largest absolute Gasteiger partial charge is 0.381 e. The zero-order valence-electron chi connectivity index (χ0n) is 3.38. The van der Waals surface area contributed by atoms with Crippen LogP contribution in [-0.2, 0) is 15.3 Å². The Morgan fingerprint density at radius 2 is 2.50 bits per heavy atom. The summed E-state index contributed by atoms with van der Waals surface area (Å²) in [5.74, 6) is -0.420. The fourth-order valence-corrected chi connectivity index (χ4v) is 0.158. The van der Waals surface area contributed by atoms with E-state index in [1.165, 1.54) is 7.11 Å². The molecule has 0 aliphatic carbocycles. The van der Waals surface area contributed by atoms with E-state index in [2.05, 4.69) is 4.18 Å². The van der Waals surface area contributed by atoms with E-state index in [1.54, 1.807) is 0 Å². The second kappa shape index (κ2) is 3.27. The molecule has 4 heteroatoms. The van der Waals surface area contributed by atoms with Gasteiger partial charge in [-0.25, -0.2) is 4.21 Å². The smallest absolute Gasteiger partial charge is 0.181 e. The summed E-state index contributed by atoms with van der Waals surface area (Å²) in [6.45, 7) is 0. The molecule has 0 bridgehead atoms. The van der Waals surface area contributed by atoms with E-state index in [0.717, 1.165) is 0 Å². The third-order valence-electron chi connectivity index (χ3n) is 0.291. The molecule has 38 valence electrons. The molecule has 0 rings (SSSR count). The van der Waals surface area contributed by atoms with Crippen LogP contribution in [0, 0.1) is 0 Å². The highest BCUT2D eigenvalue weighted by molar-refractivity contribution is 7.79. The van der Waals surface area contributed by atoms with Gasteiger partial charge in [0.2, 0.25) is 0 Å². The average molecular weight is 110 g/mol. The normalized spacial score (nSPS) is 14.3. The van der Waals surface area contributed by atoms with Crippen LogP contribution in [0.2, 0.25) is 0 Å². The molecule has 0 saturated heterocycles. The van der Waals surface area contributed by atoms with Crippen LogP contribution >= 0.6 is 0 Å². The number of aliphatic hydroxyl groups is 1. The van der Waals surface area contributed by atoms with Crippen LogP contribution in [0.4, 0.5) is 0 Å². The van der Waals surface area contributed by atoms with Crippen molar-refractivity contribution in [1.29, 1.82) is 0 Å². The van der Waals surface area contributed by atoms with Crippen LogP contribution in [0.5, 0.6) is 0 Å². The second-order valence-electron chi connectivity index (χ2n) is 0.600. The number of hydrogen-bond acceptors (Lipinski definition) is 3. The van der Waals surface area contributed by atoms with Gasteiger partial charge >= 0.3 is 0 Å². The summed E-state index contributed by atoms with van der Waals surface area (Å²) in [6, 6.07) is 0. The quantitative estimate of drug-likeness (QED) is 0.508. The third-order valence-corrected chi connectivity index (χ3v) is 0.874. The van der Waals surface area contributed by atoms with Crippen molar-refractivity contribution in [3.63, 3.8) is 0 Å². The molecule has 0 aliphatic heterocycles. The zero-order chi connectivity index (χ0) is 4.99. The SMILES string of the molecule is COS(=O)CO. The molecule has 0 radical (unpaired) electrons. The van der Waals surface area contributed by atoms with Crippen LogP contribution < -0.4 is 0 Å². The van der Waals surface area contributed by atoms with Gasteiger partial charge in [-0.2, -0.15) is 0 Å². The summed E-state index contributed by atoms with van der Waals surface area (Å²) in [6.07, 6.45) is 0. The maximum Gasteiger partial charge on any atom is 0.181 e. The number of hydrogen-bond donors (Lipinski definition) is 1. The Morgan fingerprint density at radius 1 is 2.00 bits per heavy atom. The van der Waals surface area contributed by atoms with E-state index in [9.17, 15) is 4.21 Å². The Labute approximate surface area is 38.6 Å². The summed E-state index contributed by atoms with van der Waals surface area (Å²) in [7, 11) is 1.27. The van der Waals surface area contributed by atoms with Gasteiger partial charge in [0.25, 0.3) is 0 Å². The first-order chi connectivity index (χ1) is 2.81. The third kappa shape index (κ3) is 2.32. The van der Waals surface area contributed by atoms with Gasteiger partial charge in [-0.15, -0.1) is 0 Å². The van der Waals surface area contributed by atoms with Gasteiger partial charge in [-0.05, 0) is 0 Å². The number of rotatable bonds is 2. The predicted molar refractivity (Wildman–Crippen MR) is 22.2 cm³/mol. The minimum atomic E-state index is -1.48. The molecule has 1 atom stereocenters. The van der Waals surface area contributed by atoms with Crippen molar-refractivity contribution < 1.29 is 13.5 Å². The van der Waals surface area contributed by atoms with Crippen LogP contribution in [0.1, 0.15) is 0 Å². The topological polar surface area (TPSA) is 46.5 Å². The lowest BCUT2D eigenvalue weighted by Gasteiger charge is -1.85. The maximum atomic E-state index is 9.82. The van der Waals surface area contributed by atoms with Crippen LogP contribution in [0.3, 0.4) is 0 Å². The molecule has 0 aromatic carbocycles. The molecular formula is C2H6O3S. The molecule has 0 fully saturated rings. The summed E-state index contributed by atoms with van der Waals surface area (Å²) in [5.41, 5.74) is 0. The fraction of sp³-hybridized carbons (Fsp3) is 1.00. The van der Waals surface area contributed by atoms with Crippen molar-refractivity contribution >= 4 is 11.1 Å². The highest BCUT2D eigenvalue weighted by Gasteiger charge is 1.85. The lowest BCUT2D eigenvalue weighted by molar-refractivity contribution is 0.339. The Balaban J connectivity index is 2.99. The molecule has 1 unspecified atom stereocenters. The van der Waals surface area contributed by atoms with E-state index in [1.807, 2.05) is 0 Å². The van der Waals surface area contributed by atoms with Crippen LogP contribution in [-0.4, -0.2) is 22.4 Å². The second-order valence-corrected chi connectivity index (χ2v) is 1.80. The lowest BCUT2D eigenvalue weighted by Crippen LogP contribution is -1.95. The summed E-state index contributed by atoms with van der Waals surface area (Å²) >= 11 is -1.48. The minimum absolute atomic E-state index is 0.420. The van der Waals surface area contributed by atoms with Gasteiger partial charge in [-0.1, -0.05) is 0 Å². The number of aliphatic hydroxyl groups excluding tert-OH is 1. The molecule has 0 saturated carbocycles. The molecule has 0 aromatic heterocycles. The van der Waals surface area contributed by atoms with E-state index in [-0.39, 0.29) is 0 Å². The van der Waals surface area contributed by atoms with E-state index >= 15 is 0 Å². The van der Waals surface area contributed by atoms with Crippen molar-refractivity contribution in [2.75, 3.05) is 13.0 Å². The summed E-state index contributed by atoms with van der Waals surface area (Å²) in [4.78, 5) is 0. The Kier molecular flexibility index (Phi) is 3.31. The molecule has 0 amide bonds. The molecule has 0 aliphatic rings. The van der Waals surface area contributed by atoms with Gasteiger partial charge in [0.1, 0.15) is 5.94 Å². The van der Waals surface area contributed by atoms with Gasteiger partial charge in [0.15, 0.2) is 11.1 Å². The highest BCUT2D eigenvalue weighted by atomic mass is 32.2. The predicted octanol–water partition coefficient (Wildman–Crippen LogP) is -0.754. The Morgan fingerprint density at radius 3 is 2.50 bits per heavy atom. The van der Waals surface area contributed by atoms with E-state index in [4.69, 9.17) is 5.11 Å². The first kappa shape index (κ1) is 6.07. The first-order valence-corrected chi connectivity index (χ1v) is 2.59. The minimum Gasteiger partial charge on any atom is -0.381 e. The van der Waals surface area contributed by atoms with Crippen molar-refractivity contribution in [3.05, 3.63) is 0 Å². The lowest BCUT2D eigenvalue weighted by atomic mass is 11.7. The molecule has 0 spiro atoms. The Hall–Kier alpha value is 0.0700. The maximum absolute atomic E-state index is 9.82. The first-order valence-electron chi connectivity index (χ1n) is 1.35. The van der Waals surface area contributed by atoms with Crippen LogP contribution in [0.25, 0.3) is 0 Å².